The number of carbonyl (C=O) groups excluding carboxylic acids is 1. The Balaban J connectivity index is 1.78. The fourth-order valence-corrected chi connectivity index (χ4v) is 4.27. The lowest BCUT2D eigenvalue weighted by molar-refractivity contribution is 0.103. The Morgan fingerprint density at radius 1 is 0.971 bits per heavy atom. The summed E-state index contributed by atoms with van der Waals surface area (Å²) in [6, 6.07) is 15.2. The zero-order chi connectivity index (χ0) is 25.0. The predicted octanol–water partition coefficient (Wildman–Crippen LogP) is 7.79. The van der Waals surface area contributed by atoms with Gasteiger partial charge in [0.2, 0.25) is 0 Å². The Morgan fingerprint density at radius 3 is 2.29 bits per heavy atom. The van der Waals surface area contributed by atoms with Crippen LogP contribution >= 0.6 is 0 Å². The number of hydrogen-bond donors (Lipinski definition) is 0. The molecule has 1 heterocycles. The van der Waals surface area contributed by atoms with E-state index in [0.717, 1.165) is 43.4 Å². The number of fused-ring (bicyclic) bond motifs is 1. The van der Waals surface area contributed by atoms with Crippen LogP contribution in [0, 0.1) is 11.3 Å². The molecule has 4 heteroatoms. The van der Waals surface area contributed by atoms with E-state index in [1.165, 1.54) is 25.7 Å². The van der Waals surface area contributed by atoms with Crippen LogP contribution in [0.2, 0.25) is 0 Å². The van der Waals surface area contributed by atoms with Crippen molar-refractivity contribution in [3.63, 3.8) is 0 Å². The highest BCUT2D eigenvalue weighted by Crippen LogP contribution is 2.30. The number of hydrogen-bond acceptors (Lipinski definition) is 4. The van der Waals surface area contributed by atoms with Gasteiger partial charge in [0.05, 0.1) is 17.2 Å². The van der Waals surface area contributed by atoms with E-state index >= 15 is 0 Å². The van der Waals surface area contributed by atoms with Gasteiger partial charge in [-0.25, -0.2) is 0 Å². The van der Waals surface area contributed by atoms with E-state index in [2.05, 4.69) is 43.9 Å². The van der Waals surface area contributed by atoms with Crippen LogP contribution < -0.4 is 0 Å². The Morgan fingerprint density at radius 2 is 1.66 bits per heavy atom. The van der Waals surface area contributed by atoms with Gasteiger partial charge in [0.15, 0.2) is 5.78 Å². The van der Waals surface area contributed by atoms with Crippen LogP contribution in [0.4, 0.5) is 0 Å². The molecule has 0 saturated carbocycles. The van der Waals surface area contributed by atoms with Crippen LogP contribution in [0.25, 0.3) is 17.0 Å². The highest BCUT2D eigenvalue weighted by molar-refractivity contribution is 6.17. The van der Waals surface area contributed by atoms with Crippen molar-refractivity contribution >= 4 is 22.8 Å². The van der Waals surface area contributed by atoms with Crippen LogP contribution in [0.1, 0.15) is 92.1 Å². The second-order valence-corrected chi connectivity index (χ2v) is 9.19. The highest BCUT2D eigenvalue weighted by Gasteiger charge is 2.22. The molecule has 0 N–H and O–H groups in total. The Bertz CT molecular complexity index is 1160. The van der Waals surface area contributed by atoms with Gasteiger partial charge in [0.25, 0.3) is 0 Å². The number of nitrogens with zero attached hydrogens (tertiary/aromatic N) is 2. The van der Waals surface area contributed by atoms with Gasteiger partial charge in [0, 0.05) is 23.9 Å². The summed E-state index contributed by atoms with van der Waals surface area (Å²) in [7, 11) is 0. The molecule has 2 aromatic carbocycles. The maximum atomic E-state index is 13.6. The van der Waals surface area contributed by atoms with Gasteiger partial charge in [-0.15, -0.1) is 0 Å². The Kier molecular flexibility index (Phi) is 10.3. The summed E-state index contributed by atoms with van der Waals surface area (Å²) in [6.07, 6.45) is 11.9. The van der Waals surface area contributed by atoms with Crippen LogP contribution in [-0.4, -0.2) is 30.3 Å². The van der Waals surface area contributed by atoms with Gasteiger partial charge in [-0.2, -0.15) is 5.26 Å². The summed E-state index contributed by atoms with van der Waals surface area (Å²) >= 11 is 0. The third-order valence-electron chi connectivity index (χ3n) is 6.38. The van der Waals surface area contributed by atoms with E-state index in [1.54, 1.807) is 18.2 Å². The molecular formula is C31H38N2O2. The van der Waals surface area contributed by atoms with Crippen molar-refractivity contribution in [3.05, 3.63) is 76.6 Å². The van der Waals surface area contributed by atoms with Crippen molar-refractivity contribution in [1.82, 2.24) is 4.90 Å². The Labute approximate surface area is 210 Å². The van der Waals surface area contributed by atoms with Crippen LogP contribution in [0.3, 0.4) is 0 Å². The minimum Gasteiger partial charge on any atom is -0.460 e. The quantitative estimate of drug-likeness (QED) is 0.226. The fourth-order valence-electron chi connectivity index (χ4n) is 4.27. The topological polar surface area (TPSA) is 57.2 Å². The molecule has 3 aromatic rings. The van der Waals surface area contributed by atoms with Crippen molar-refractivity contribution in [1.29, 1.82) is 5.26 Å². The smallest absolute Gasteiger partial charge is 0.197 e. The van der Waals surface area contributed by atoms with Crippen molar-refractivity contribution in [2.75, 3.05) is 19.6 Å². The fraction of sp³-hybridized carbons (Fsp3) is 0.419. The van der Waals surface area contributed by atoms with Gasteiger partial charge in [-0.05, 0) is 56.1 Å². The average Bonchev–Trinajstić information content (AvgIpc) is 3.25. The highest BCUT2D eigenvalue weighted by atomic mass is 16.3. The summed E-state index contributed by atoms with van der Waals surface area (Å²) in [5.41, 5.74) is 3.51. The lowest BCUT2D eigenvalue weighted by Crippen LogP contribution is -2.26. The number of furan rings is 1. The second-order valence-electron chi connectivity index (χ2n) is 9.19. The van der Waals surface area contributed by atoms with Crippen LogP contribution in [-0.2, 0) is 6.42 Å². The van der Waals surface area contributed by atoms with Gasteiger partial charge in [-0.1, -0.05) is 76.5 Å². The van der Waals surface area contributed by atoms with E-state index in [1.807, 2.05) is 24.3 Å². The first-order valence-electron chi connectivity index (χ1n) is 13.1. The zero-order valence-corrected chi connectivity index (χ0v) is 21.5. The summed E-state index contributed by atoms with van der Waals surface area (Å²) in [5, 5.41) is 10.1. The molecule has 35 heavy (non-hydrogen) atoms. The molecule has 0 amide bonds. The normalized spacial score (nSPS) is 11.5. The van der Waals surface area contributed by atoms with E-state index < -0.39 is 0 Å². The van der Waals surface area contributed by atoms with Gasteiger partial charge < -0.3 is 4.42 Å². The molecule has 184 valence electrons. The summed E-state index contributed by atoms with van der Waals surface area (Å²) in [6.45, 7) is 9.82. The number of unbranched alkanes of at least 4 members (excludes halogenated alkanes) is 3. The molecule has 0 bridgehead atoms. The zero-order valence-electron chi connectivity index (χ0n) is 21.5. The summed E-state index contributed by atoms with van der Waals surface area (Å²) < 4.78 is 6.05. The summed E-state index contributed by atoms with van der Waals surface area (Å²) in [4.78, 5) is 16.1. The molecule has 0 spiro atoms. The third-order valence-corrected chi connectivity index (χ3v) is 6.38. The molecule has 0 aliphatic rings. The van der Waals surface area contributed by atoms with Crippen molar-refractivity contribution < 1.29 is 9.21 Å². The minimum atomic E-state index is -0.0502. The first kappa shape index (κ1) is 26.4. The Hall–Kier alpha value is -3.16. The van der Waals surface area contributed by atoms with Crippen LogP contribution in [0.15, 0.2) is 53.0 Å². The van der Waals surface area contributed by atoms with E-state index in [9.17, 15) is 10.1 Å². The molecule has 0 aliphatic heterocycles. The molecule has 3 rings (SSSR count). The van der Waals surface area contributed by atoms with Crippen molar-refractivity contribution in [3.8, 4) is 6.07 Å². The standard InChI is InChI=1S/C31H38N2O2/c1-4-7-12-29-30(27-22-25(23-32)15-18-28(27)35-29)31(34)26-16-13-24(14-17-26)11-10-21-33(19-8-5-2)20-9-6-3/h10-11,13-18,22H,4-9,12,19-21H2,1-3H3/b11-10-. The third kappa shape index (κ3) is 7.16. The average molecular weight is 471 g/mol. The van der Waals surface area contributed by atoms with Crippen LogP contribution in [0.5, 0.6) is 0 Å². The van der Waals surface area contributed by atoms with E-state index in [4.69, 9.17) is 4.42 Å². The molecule has 0 saturated heterocycles. The SMILES string of the molecule is CCCCc1oc2ccc(C#N)cc2c1C(=O)c1ccc(/C=C\CN(CCCC)CCCC)cc1. The van der Waals surface area contributed by atoms with Gasteiger partial charge in [-0.3, -0.25) is 9.69 Å². The first-order valence-corrected chi connectivity index (χ1v) is 13.1. The summed E-state index contributed by atoms with van der Waals surface area (Å²) in [5.74, 6) is 0.663. The second kappa shape index (κ2) is 13.7. The molecule has 0 fully saturated rings. The molecule has 1 aromatic heterocycles. The number of aryl methyl sites for hydroxylation is 1. The van der Waals surface area contributed by atoms with Gasteiger partial charge >= 0.3 is 0 Å². The lowest BCUT2D eigenvalue weighted by Gasteiger charge is -2.19. The largest absolute Gasteiger partial charge is 0.460 e. The first-order chi connectivity index (χ1) is 17.1. The maximum absolute atomic E-state index is 13.6. The van der Waals surface area contributed by atoms with Crippen molar-refractivity contribution in [2.45, 2.75) is 65.7 Å². The molecule has 0 unspecified atom stereocenters. The minimum absolute atomic E-state index is 0.0502. The molecule has 0 atom stereocenters. The van der Waals surface area contributed by atoms with E-state index in [0.29, 0.717) is 34.5 Å². The molecule has 4 nitrogen and oxygen atoms in total. The molecule has 0 radical (unpaired) electrons. The number of rotatable bonds is 14. The predicted molar refractivity (Wildman–Crippen MR) is 145 cm³/mol. The maximum Gasteiger partial charge on any atom is 0.197 e. The van der Waals surface area contributed by atoms with Crippen molar-refractivity contribution in [2.24, 2.45) is 0 Å². The number of carbonyl (C=O) groups is 1. The van der Waals surface area contributed by atoms with Gasteiger partial charge in [0.1, 0.15) is 11.3 Å². The number of nitriles is 1. The monoisotopic (exact) mass is 470 g/mol. The van der Waals surface area contributed by atoms with E-state index in [-0.39, 0.29) is 5.78 Å². The molecular weight excluding hydrogens is 432 g/mol. The number of ketones is 1. The number of benzene rings is 2. The lowest BCUT2D eigenvalue weighted by atomic mass is 9.97. The molecule has 0 aliphatic carbocycles.